The van der Waals surface area contributed by atoms with Gasteiger partial charge in [0.15, 0.2) is 17.5 Å². The smallest absolute Gasteiger partial charge is 0.166 e. The van der Waals surface area contributed by atoms with Crippen molar-refractivity contribution in [3.05, 3.63) is 241 Å². The molecule has 1 aliphatic rings. The van der Waals surface area contributed by atoms with Gasteiger partial charge in [0.1, 0.15) is 0 Å². The Kier molecular flexibility index (Phi) is 10.0. The summed E-state index contributed by atoms with van der Waals surface area (Å²) < 4.78 is 4.85. The van der Waals surface area contributed by atoms with E-state index >= 15 is 0 Å². The number of allylic oxidation sites excluding steroid dienone is 1. The molecule has 3 aromatic heterocycles. The molecular weight excluding hydrogens is 851 g/mol. The molecular formula is C65H47N5. The molecule has 70 heavy (non-hydrogen) atoms. The van der Waals surface area contributed by atoms with Gasteiger partial charge in [0.25, 0.3) is 0 Å². The van der Waals surface area contributed by atoms with E-state index in [9.17, 15) is 0 Å². The van der Waals surface area contributed by atoms with Crippen molar-refractivity contribution in [3.63, 3.8) is 0 Å². The van der Waals surface area contributed by atoms with Gasteiger partial charge in [0.05, 0.1) is 22.2 Å². The molecule has 1 aliphatic carbocycles. The highest BCUT2D eigenvalue weighted by Gasteiger charge is 2.25. The van der Waals surface area contributed by atoms with Crippen molar-refractivity contribution in [1.82, 2.24) is 24.1 Å². The number of para-hydroxylation sites is 1. The van der Waals surface area contributed by atoms with Crippen LogP contribution in [-0.4, -0.2) is 24.1 Å². The van der Waals surface area contributed by atoms with Gasteiger partial charge < -0.3 is 9.13 Å². The second kappa shape index (κ2) is 17.0. The molecule has 0 saturated heterocycles. The van der Waals surface area contributed by atoms with Gasteiger partial charge in [-0.2, -0.15) is 0 Å². The van der Waals surface area contributed by atoms with E-state index < -0.39 is 0 Å². The largest absolute Gasteiger partial charge is 0.310 e. The van der Waals surface area contributed by atoms with Crippen LogP contribution in [0, 0.1) is 13.8 Å². The van der Waals surface area contributed by atoms with Gasteiger partial charge in [-0.05, 0) is 126 Å². The van der Waals surface area contributed by atoms with Crippen molar-refractivity contribution in [2.24, 2.45) is 0 Å². The molecule has 0 amide bonds. The van der Waals surface area contributed by atoms with Crippen LogP contribution in [-0.2, 0) is 6.42 Å². The Hall–Kier alpha value is -8.93. The SMILES string of the molecule is Cc1ccc(-c2ccc3c(c2)c2cc(-c4ccc(C)cc4)ccc2n3-c2ccc(-c3cccc4c3c3c(n4-c4ccccc4)C=CCC3)cc2-c2nc(-c3ccccc3)nc(-c3ccccc3)n2)cc1. The van der Waals surface area contributed by atoms with Gasteiger partial charge in [-0.1, -0.05) is 175 Å². The van der Waals surface area contributed by atoms with Gasteiger partial charge in [-0.25, -0.2) is 15.0 Å². The second-order valence-corrected chi connectivity index (χ2v) is 18.5. The van der Waals surface area contributed by atoms with Gasteiger partial charge in [-0.3, -0.25) is 0 Å². The quantitative estimate of drug-likeness (QED) is 0.153. The number of rotatable bonds is 8. The lowest BCUT2D eigenvalue weighted by molar-refractivity contribution is 0.968. The van der Waals surface area contributed by atoms with Crippen molar-refractivity contribution < 1.29 is 0 Å². The predicted octanol–water partition coefficient (Wildman–Crippen LogP) is 16.5. The minimum atomic E-state index is 0.603. The summed E-state index contributed by atoms with van der Waals surface area (Å²) in [6.07, 6.45) is 6.58. The summed E-state index contributed by atoms with van der Waals surface area (Å²) in [6, 6.07) is 76.4. The molecule has 5 heteroatoms. The fourth-order valence-electron chi connectivity index (χ4n) is 10.5. The number of hydrogen-bond donors (Lipinski definition) is 0. The van der Waals surface area contributed by atoms with Crippen LogP contribution >= 0.6 is 0 Å². The van der Waals surface area contributed by atoms with Gasteiger partial charge >= 0.3 is 0 Å². The molecule has 0 spiro atoms. The third kappa shape index (κ3) is 7.14. The molecule has 9 aromatic carbocycles. The topological polar surface area (TPSA) is 48.5 Å². The zero-order valence-electron chi connectivity index (χ0n) is 39.0. The summed E-state index contributed by atoms with van der Waals surface area (Å²) in [5.74, 6) is 1.85. The Morgan fingerprint density at radius 3 is 1.50 bits per heavy atom. The highest BCUT2D eigenvalue weighted by atomic mass is 15.1. The molecule has 5 nitrogen and oxygen atoms in total. The second-order valence-electron chi connectivity index (χ2n) is 18.5. The Bertz CT molecular complexity index is 3820. The summed E-state index contributed by atoms with van der Waals surface area (Å²) >= 11 is 0. The standard InChI is InChI=1S/C65H47N5/c1-42-25-29-44(30-26-42)48-33-36-58-54(39-48)55-40-49(45-31-27-43(2)28-32-45)34-37-59(55)70(58)60-38-35-50(52-22-14-24-61-62(52)53-21-12-13-23-57(53)69(61)51-19-10-5-11-20-51)41-56(60)65-67-63(46-15-6-3-7-16-46)66-64(68-65)47-17-8-4-9-18-47/h3-11,13-20,22-41H,12,21H2,1-2H3. The first-order valence-electron chi connectivity index (χ1n) is 24.1. The van der Waals surface area contributed by atoms with Crippen LogP contribution in [0.2, 0.25) is 0 Å². The van der Waals surface area contributed by atoms with E-state index in [1.807, 2.05) is 36.4 Å². The Morgan fingerprint density at radius 1 is 0.386 bits per heavy atom. The first kappa shape index (κ1) is 41.3. The van der Waals surface area contributed by atoms with Crippen molar-refractivity contribution >= 4 is 38.8 Å². The highest BCUT2D eigenvalue weighted by molar-refractivity contribution is 6.12. The summed E-state index contributed by atoms with van der Waals surface area (Å²) in [6.45, 7) is 4.28. The third-order valence-corrected chi connectivity index (χ3v) is 14.0. The first-order chi connectivity index (χ1) is 34.5. The summed E-state index contributed by atoms with van der Waals surface area (Å²) in [7, 11) is 0. The summed E-state index contributed by atoms with van der Waals surface area (Å²) in [5, 5.41) is 3.63. The van der Waals surface area contributed by atoms with Crippen molar-refractivity contribution in [2.75, 3.05) is 0 Å². The van der Waals surface area contributed by atoms with Gasteiger partial charge in [0.2, 0.25) is 0 Å². The molecule has 0 N–H and O–H groups in total. The predicted molar refractivity (Wildman–Crippen MR) is 290 cm³/mol. The maximum absolute atomic E-state index is 5.41. The third-order valence-electron chi connectivity index (χ3n) is 14.0. The molecule has 0 saturated carbocycles. The van der Waals surface area contributed by atoms with Crippen LogP contribution in [0.25, 0.3) is 118 Å². The molecule has 0 bridgehead atoms. The molecule has 332 valence electrons. The normalized spacial score (nSPS) is 12.3. The Balaban J connectivity index is 1.11. The van der Waals surface area contributed by atoms with Crippen LogP contribution in [0.4, 0.5) is 0 Å². The number of fused-ring (bicyclic) bond motifs is 6. The van der Waals surface area contributed by atoms with E-state index in [0.717, 1.165) is 57.5 Å². The maximum Gasteiger partial charge on any atom is 0.166 e. The number of benzene rings is 9. The molecule has 0 atom stereocenters. The van der Waals surface area contributed by atoms with E-state index in [1.165, 1.54) is 71.9 Å². The van der Waals surface area contributed by atoms with Crippen LogP contribution in [0.3, 0.4) is 0 Å². The lowest BCUT2D eigenvalue weighted by Crippen LogP contribution is -2.04. The minimum Gasteiger partial charge on any atom is -0.310 e. The fourth-order valence-corrected chi connectivity index (χ4v) is 10.5. The lowest BCUT2D eigenvalue weighted by Gasteiger charge is -2.17. The number of nitrogens with zero attached hydrogens (tertiary/aromatic N) is 5. The molecule has 12 aromatic rings. The Labute approximate surface area is 407 Å². The highest BCUT2D eigenvalue weighted by Crippen LogP contribution is 2.44. The van der Waals surface area contributed by atoms with Crippen LogP contribution in [0.5, 0.6) is 0 Å². The average molecular weight is 898 g/mol. The molecule has 0 aliphatic heterocycles. The van der Waals surface area contributed by atoms with E-state index in [2.05, 4.69) is 211 Å². The van der Waals surface area contributed by atoms with E-state index in [0.29, 0.717) is 17.5 Å². The molecule has 13 rings (SSSR count). The van der Waals surface area contributed by atoms with E-state index in [4.69, 9.17) is 15.0 Å². The van der Waals surface area contributed by atoms with E-state index in [1.54, 1.807) is 0 Å². The molecule has 3 heterocycles. The number of aryl methyl sites for hydroxylation is 3. The molecule has 0 radical (unpaired) electrons. The average Bonchev–Trinajstić information content (AvgIpc) is 3.94. The van der Waals surface area contributed by atoms with Gasteiger partial charge in [-0.15, -0.1) is 0 Å². The fraction of sp³-hybridized carbons (Fsp3) is 0.0615. The minimum absolute atomic E-state index is 0.603. The number of aromatic nitrogens is 5. The van der Waals surface area contributed by atoms with Crippen LogP contribution in [0.1, 0.15) is 28.8 Å². The monoisotopic (exact) mass is 897 g/mol. The first-order valence-corrected chi connectivity index (χ1v) is 24.1. The summed E-state index contributed by atoms with van der Waals surface area (Å²) in [4.78, 5) is 16.0. The lowest BCUT2D eigenvalue weighted by atomic mass is 9.93. The zero-order chi connectivity index (χ0) is 46.7. The van der Waals surface area contributed by atoms with Crippen molar-refractivity contribution in [2.45, 2.75) is 26.7 Å². The van der Waals surface area contributed by atoms with Crippen LogP contribution in [0.15, 0.2) is 218 Å². The summed E-state index contributed by atoms with van der Waals surface area (Å²) in [5.41, 5.74) is 20.4. The maximum atomic E-state index is 5.41. The van der Waals surface area contributed by atoms with Crippen molar-refractivity contribution in [1.29, 1.82) is 0 Å². The molecule has 0 unspecified atom stereocenters. The van der Waals surface area contributed by atoms with Crippen molar-refractivity contribution in [3.8, 4) is 78.9 Å². The zero-order valence-corrected chi connectivity index (χ0v) is 39.0. The van der Waals surface area contributed by atoms with E-state index in [-0.39, 0.29) is 0 Å². The number of hydrogen-bond acceptors (Lipinski definition) is 3. The van der Waals surface area contributed by atoms with Gasteiger partial charge in [0, 0.05) is 44.2 Å². The van der Waals surface area contributed by atoms with Crippen LogP contribution < -0.4 is 0 Å². The molecule has 0 fully saturated rings. The Morgan fingerprint density at radius 2 is 0.914 bits per heavy atom.